The summed E-state index contributed by atoms with van der Waals surface area (Å²) >= 11 is 6.28. The lowest BCUT2D eigenvalue weighted by Crippen LogP contribution is -2.47. The van der Waals surface area contributed by atoms with Gasteiger partial charge in [0.25, 0.3) is 11.4 Å². The summed E-state index contributed by atoms with van der Waals surface area (Å²) in [6.07, 6.45) is -3.08. The van der Waals surface area contributed by atoms with Crippen LogP contribution in [0.3, 0.4) is 0 Å². The molecule has 0 spiro atoms. The third-order valence-electron chi connectivity index (χ3n) is 4.86. The first kappa shape index (κ1) is 20.4. The lowest BCUT2D eigenvalue weighted by Gasteiger charge is -2.36. The maximum absolute atomic E-state index is 13.1. The molecule has 30 heavy (non-hydrogen) atoms. The van der Waals surface area contributed by atoms with Gasteiger partial charge in [0.1, 0.15) is 10.8 Å². The average molecular weight is 443 g/mol. The summed E-state index contributed by atoms with van der Waals surface area (Å²) in [5, 5.41) is 15.1. The number of fused-ring (bicyclic) bond motifs is 1. The van der Waals surface area contributed by atoms with E-state index in [0.717, 1.165) is 0 Å². The second-order valence-electron chi connectivity index (χ2n) is 7.14. The number of anilines is 2. The first-order chi connectivity index (χ1) is 14.2. The molecular weight excluding hydrogens is 425 g/mol. The summed E-state index contributed by atoms with van der Waals surface area (Å²) < 4.78 is 41.3. The minimum Gasteiger partial charge on any atom is -0.365 e. The quantitative estimate of drug-likeness (QED) is 0.615. The number of hydrogen-bond donors (Lipinski definition) is 0. The van der Waals surface area contributed by atoms with Crippen molar-refractivity contribution in [2.24, 2.45) is 0 Å². The van der Waals surface area contributed by atoms with E-state index in [9.17, 15) is 18.0 Å². The molecule has 3 aromatic heterocycles. The zero-order valence-corrected chi connectivity index (χ0v) is 16.9. The second kappa shape index (κ2) is 7.42. The van der Waals surface area contributed by atoms with Gasteiger partial charge < -0.3 is 9.80 Å². The summed E-state index contributed by atoms with van der Waals surface area (Å²) in [6.45, 7) is 5.64. The van der Waals surface area contributed by atoms with Crippen molar-refractivity contribution < 1.29 is 13.2 Å². The topological polar surface area (TPSA) is 84.5 Å². The molecule has 0 radical (unpaired) electrons. The highest BCUT2D eigenvalue weighted by Crippen LogP contribution is 2.28. The van der Waals surface area contributed by atoms with Crippen molar-refractivity contribution >= 4 is 28.8 Å². The largest absolute Gasteiger partial charge is 0.453 e. The summed E-state index contributed by atoms with van der Waals surface area (Å²) in [5.41, 5.74) is 0.207. The van der Waals surface area contributed by atoms with Crippen LogP contribution in [0.5, 0.6) is 0 Å². The van der Waals surface area contributed by atoms with Crippen molar-refractivity contribution in [3.8, 4) is 0 Å². The van der Waals surface area contributed by atoms with Crippen LogP contribution in [0, 0.1) is 0 Å². The molecule has 4 rings (SSSR count). The normalized spacial score (nSPS) is 15.4. The minimum absolute atomic E-state index is 0.0216. The summed E-state index contributed by atoms with van der Waals surface area (Å²) in [5.74, 6) is -0.784. The van der Waals surface area contributed by atoms with Gasteiger partial charge in [-0.2, -0.15) is 22.8 Å². The first-order valence-corrected chi connectivity index (χ1v) is 9.61. The van der Waals surface area contributed by atoms with Gasteiger partial charge in [-0.3, -0.25) is 4.79 Å². The van der Waals surface area contributed by atoms with Crippen LogP contribution in [0.1, 0.15) is 25.7 Å². The number of halogens is 4. The van der Waals surface area contributed by atoms with E-state index >= 15 is 0 Å². The molecule has 0 atom stereocenters. The van der Waals surface area contributed by atoms with Crippen LogP contribution in [0.4, 0.5) is 24.7 Å². The molecule has 1 fully saturated rings. The van der Waals surface area contributed by atoms with Crippen molar-refractivity contribution in [2.75, 3.05) is 36.0 Å². The average Bonchev–Trinajstić information content (AvgIpc) is 3.13. The Balaban J connectivity index is 1.54. The smallest absolute Gasteiger partial charge is 0.365 e. The van der Waals surface area contributed by atoms with Crippen LogP contribution in [0.15, 0.2) is 23.1 Å². The zero-order valence-electron chi connectivity index (χ0n) is 16.1. The predicted octanol–water partition coefficient (Wildman–Crippen LogP) is 2.26. The highest BCUT2D eigenvalue weighted by Gasteiger charge is 2.38. The molecule has 0 saturated carbocycles. The Kier molecular flexibility index (Phi) is 5.04. The predicted molar refractivity (Wildman–Crippen MR) is 104 cm³/mol. The van der Waals surface area contributed by atoms with Crippen LogP contribution in [0.25, 0.3) is 5.65 Å². The van der Waals surface area contributed by atoms with Crippen molar-refractivity contribution in [2.45, 2.75) is 26.1 Å². The SMILES string of the molecule is CC(C)n1ncc(N2CCN(c3ccc4nnc(C(F)(F)F)n4n3)CC2)c(Cl)c1=O. The van der Waals surface area contributed by atoms with E-state index < -0.39 is 12.0 Å². The fourth-order valence-electron chi connectivity index (χ4n) is 3.33. The molecule has 160 valence electrons. The second-order valence-corrected chi connectivity index (χ2v) is 7.52. The monoisotopic (exact) mass is 442 g/mol. The van der Waals surface area contributed by atoms with Crippen LogP contribution in [-0.2, 0) is 6.18 Å². The van der Waals surface area contributed by atoms with E-state index in [0.29, 0.717) is 42.2 Å². The van der Waals surface area contributed by atoms with Crippen molar-refractivity contribution in [1.29, 1.82) is 0 Å². The molecular formula is C17H18ClF3N8O. The molecule has 1 aliphatic heterocycles. The Labute approximate surface area is 173 Å². The molecule has 0 aromatic carbocycles. The van der Waals surface area contributed by atoms with Gasteiger partial charge in [-0.25, -0.2) is 4.68 Å². The van der Waals surface area contributed by atoms with Gasteiger partial charge >= 0.3 is 6.18 Å². The Morgan fingerprint density at radius 2 is 1.73 bits per heavy atom. The van der Waals surface area contributed by atoms with Gasteiger partial charge in [-0.05, 0) is 26.0 Å². The van der Waals surface area contributed by atoms with Gasteiger partial charge in [0.2, 0.25) is 0 Å². The van der Waals surface area contributed by atoms with E-state index in [4.69, 9.17) is 11.6 Å². The molecule has 0 amide bonds. The Morgan fingerprint density at radius 3 is 2.37 bits per heavy atom. The van der Waals surface area contributed by atoms with E-state index in [-0.39, 0.29) is 22.3 Å². The fraction of sp³-hybridized carbons (Fsp3) is 0.471. The molecule has 4 heterocycles. The highest BCUT2D eigenvalue weighted by molar-refractivity contribution is 6.33. The lowest BCUT2D eigenvalue weighted by atomic mass is 10.2. The van der Waals surface area contributed by atoms with Crippen molar-refractivity contribution in [3.63, 3.8) is 0 Å². The van der Waals surface area contributed by atoms with Gasteiger partial charge in [-0.15, -0.1) is 15.3 Å². The maximum Gasteiger partial charge on any atom is 0.453 e. The van der Waals surface area contributed by atoms with E-state index in [2.05, 4.69) is 20.4 Å². The van der Waals surface area contributed by atoms with E-state index in [1.54, 1.807) is 12.3 Å². The Morgan fingerprint density at radius 1 is 1.07 bits per heavy atom. The van der Waals surface area contributed by atoms with Gasteiger partial charge in [0.05, 0.1) is 17.9 Å². The Bertz CT molecular complexity index is 1130. The maximum atomic E-state index is 13.1. The molecule has 13 heteroatoms. The van der Waals surface area contributed by atoms with E-state index in [1.807, 2.05) is 23.6 Å². The fourth-order valence-corrected chi connectivity index (χ4v) is 3.58. The third-order valence-corrected chi connectivity index (χ3v) is 5.22. The minimum atomic E-state index is -4.65. The van der Waals surface area contributed by atoms with Crippen molar-refractivity contribution in [3.05, 3.63) is 39.5 Å². The molecule has 0 N–H and O–H groups in total. The van der Waals surface area contributed by atoms with Crippen LogP contribution >= 0.6 is 11.6 Å². The summed E-state index contributed by atoms with van der Waals surface area (Å²) in [7, 11) is 0. The number of nitrogens with zero attached hydrogens (tertiary/aromatic N) is 8. The first-order valence-electron chi connectivity index (χ1n) is 9.23. The third kappa shape index (κ3) is 3.55. The lowest BCUT2D eigenvalue weighted by molar-refractivity contribution is -0.146. The zero-order chi connectivity index (χ0) is 21.6. The van der Waals surface area contributed by atoms with Crippen molar-refractivity contribution in [1.82, 2.24) is 29.6 Å². The molecule has 0 bridgehead atoms. The summed E-state index contributed by atoms with van der Waals surface area (Å²) in [4.78, 5) is 16.2. The van der Waals surface area contributed by atoms with Crippen LogP contribution < -0.4 is 15.4 Å². The summed E-state index contributed by atoms with van der Waals surface area (Å²) in [6, 6.07) is 2.95. The Hall–Kier alpha value is -2.89. The number of hydrogen-bond acceptors (Lipinski definition) is 7. The molecule has 1 saturated heterocycles. The number of alkyl halides is 3. The number of rotatable bonds is 3. The molecule has 0 unspecified atom stereocenters. The number of piperazine rings is 1. The molecule has 1 aliphatic rings. The van der Waals surface area contributed by atoms with E-state index in [1.165, 1.54) is 10.7 Å². The van der Waals surface area contributed by atoms with Crippen LogP contribution in [0.2, 0.25) is 5.02 Å². The highest BCUT2D eigenvalue weighted by atomic mass is 35.5. The van der Waals surface area contributed by atoms with Gasteiger partial charge in [0, 0.05) is 26.2 Å². The molecule has 9 nitrogen and oxygen atoms in total. The van der Waals surface area contributed by atoms with Crippen LogP contribution in [-0.4, -0.2) is 55.8 Å². The number of aromatic nitrogens is 6. The van der Waals surface area contributed by atoms with Gasteiger partial charge in [0.15, 0.2) is 5.65 Å². The standard InChI is InChI=1S/C17H18ClF3N8O/c1-10(2)28-15(30)14(18)11(9-22-28)26-5-7-27(8-6-26)13-4-3-12-23-24-16(17(19,20)21)29(12)25-13/h3-4,9-10H,5-8H2,1-2H3. The molecule has 0 aliphatic carbocycles. The molecule has 3 aromatic rings. The van der Waals surface area contributed by atoms with Gasteiger partial charge in [-0.1, -0.05) is 11.6 Å².